The minimum Gasteiger partial charge on any atom is -0.365 e. The molecule has 2 aliphatic heterocycles. The Morgan fingerprint density at radius 1 is 1.33 bits per heavy atom. The molecular weight excluding hydrogens is 322 g/mol. The van der Waals surface area contributed by atoms with E-state index >= 15 is 0 Å². The summed E-state index contributed by atoms with van der Waals surface area (Å²) in [4.78, 5) is 15.3. The number of thioether (sulfide) groups is 1. The van der Waals surface area contributed by atoms with Gasteiger partial charge in [0.1, 0.15) is 0 Å². The summed E-state index contributed by atoms with van der Waals surface area (Å²) in [6.07, 6.45) is 11.5. The van der Waals surface area contributed by atoms with Crippen molar-refractivity contribution in [2.75, 3.05) is 24.4 Å². The summed E-state index contributed by atoms with van der Waals surface area (Å²) in [7, 11) is 0. The molecule has 1 amide bonds. The molecule has 1 unspecified atom stereocenters. The number of aryl methyl sites for hydroxylation is 1. The normalized spacial score (nSPS) is 26.0. The maximum absolute atomic E-state index is 12.0. The van der Waals surface area contributed by atoms with Gasteiger partial charge in [0.05, 0.1) is 11.4 Å². The number of aromatic nitrogens is 1. The summed E-state index contributed by atoms with van der Waals surface area (Å²) in [5.74, 6) is -0.457. The fourth-order valence-corrected chi connectivity index (χ4v) is 4.34. The summed E-state index contributed by atoms with van der Waals surface area (Å²) in [5.41, 5.74) is 10.3. The summed E-state index contributed by atoms with van der Waals surface area (Å²) in [6.45, 7) is 2.14. The number of carbonyl (C=O) groups excluding carboxylic acids is 1. The number of nitrogens with two attached hydrogens (primary N) is 1. The van der Waals surface area contributed by atoms with Gasteiger partial charge in [0.25, 0.3) is 10.9 Å². The van der Waals surface area contributed by atoms with Gasteiger partial charge < -0.3 is 16.1 Å². The zero-order valence-corrected chi connectivity index (χ0v) is 14.7. The first-order chi connectivity index (χ1) is 11.6. The molecule has 1 fully saturated rings. The van der Waals surface area contributed by atoms with E-state index in [9.17, 15) is 4.79 Å². The summed E-state index contributed by atoms with van der Waals surface area (Å²) < 4.78 is 2.27. The number of carbonyl (C=O) groups is 1. The largest absolute Gasteiger partial charge is 0.365 e. The number of piperidine rings is 1. The van der Waals surface area contributed by atoms with Crippen LogP contribution in [-0.2, 0) is 11.2 Å². The third-order valence-electron chi connectivity index (χ3n) is 5.13. The lowest BCUT2D eigenvalue weighted by molar-refractivity contribution is -0.120. The number of hydrogen-bond acceptors (Lipinski definition) is 5. The van der Waals surface area contributed by atoms with E-state index in [1.807, 2.05) is 12.5 Å². The van der Waals surface area contributed by atoms with Gasteiger partial charge in [0, 0.05) is 25.5 Å². The topological polar surface area (TPSA) is 75.6 Å². The Kier molecular flexibility index (Phi) is 3.83. The van der Waals surface area contributed by atoms with Crippen LogP contribution in [0.25, 0.3) is 5.70 Å². The van der Waals surface area contributed by atoms with Crippen LogP contribution in [0.15, 0.2) is 22.8 Å². The molecule has 24 heavy (non-hydrogen) atoms. The van der Waals surface area contributed by atoms with Crippen molar-refractivity contribution in [2.45, 2.75) is 37.1 Å². The maximum Gasteiger partial charge on any atom is 0.277 e. The molecule has 7 heteroatoms. The van der Waals surface area contributed by atoms with Crippen molar-refractivity contribution in [1.29, 1.82) is 0 Å². The summed E-state index contributed by atoms with van der Waals surface area (Å²) in [6, 6.07) is 2.20. The second-order valence-corrected chi connectivity index (χ2v) is 7.54. The van der Waals surface area contributed by atoms with Gasteiger partial charge in [-0.3, -0.25) is 9.47 Å². The van der Waals surface area contributed by atoms with Crippen molar-refractivity contribution in [3.8, 4) is 0 Å². The average molecular weight is 345 g/mol. The highest BCUT2D eigenvalue weighted by Crippen LogP contribution is 2.37. The van der Waals surface area contributed by atoms with Crippen molar-refractivity contribution < 1.29 is 4.79 Å². The van der Waals surface area contributed by atoms with Crippen LogP contribution >= 0.6 is 11.8 Å². The Labute approximate surface area is 146 Å². The lowest BCUT2D eigenvalue weighted by atomic mass is 9.93. The molecule has 1 atom stereocenters. The number of nitrogens with zero attached hydrogens (tertiary/aromatic N) is 3. The molecule has 1 aliphatic carbocycles. The van der Waals surface area contributed by atoms with Gasteiger partial charge in [-0.15, -0.1) is 11.8 Å². The van der Waals surface area contributed by atoms with Gasteiger partial charge in [-0.05, 0) is 55.6 Å². The molecule has 4 rings (SSSR count). The predicted octanol–water partition coefficient (Wildman–Crippen LogP) is 1.44. The molecule has 0 spiro atoms. The molecule has 3 N–H and O–H groups in total. The third-order valence-corrected chi connectivity index (χ3v) is 6.13. The van der Waals surface area contributed by atoms with E-state index in [0.29, 0.717) is 0 Å². The number of aliphatic imine (C=N–C) groups is 1. The average Bonchev–Trinajstić information content (AvgIpc) is 3.06. The molecule has 0 bridgehead atoms. The maximum atomic E-state index is 12.0. The van der Waals surface area contributed by atoms with Gasteiger partial charge in [-0.2, -0.15) is 0 Å². The van der Waals surface area contributed by atoms with E-state index in [4.69, 9.17) is 5.73 Å². The highest BCUT2D eigenvalue weighted by molar-refractivity contribution is 8.00. The Bertz CT molecular complexity index is 731. The van der Waals surface area contributed by atoms with Gasteiger partial charge >= 0.3 is 0 Å². The van der Waals surface area contributed by atoms with E-state index < -0.39 is 10.9 Å². The zero-order chi connectivity index (χ0) is 16.7. The van der Waals surface area contributed by atoms with Gasteiger partial charge in [-0.1, -0.05) is 0 Å². The Morgan fingerprint density at radius 2 is 2.12 bits per heavy atom. The Balaban J connectivity index is 1.76. The van der Waals surface area contributed by atoms with Gasteiger partial charge in [-0.25, -0.2) is 4.99 Å². The number of rotatable bonds is 3. The van der Waals surface area contributed by atoms with E-state index in [0.717, 1.165) is 37.2 Å². The first kappa shape index (κ1) is 15.6. The van der Waals surface area contributed by atoms with Crippen molar-refractivity contribution in [1.82, 2.24) is 9.99 Å². The molecule has 0 radical (unpaired) electrons. The van der Waals surface area contributed by atoms with Crippen molar-refractivity contribution in [3.63, 3.8) is 0 Å². The van der Waals surface area contributed by atoms with Crippen molar-refractivity contribution >= 4 is 29.6 Å². The fourth-order valence-electron chi connectivity index (χ4n) is 3.78. The van der Waals surface area contributed by atoms with Gasteiger partial charge in [0.15, 0.2) is 0 Å². The van der Waals surface area contributed by atoms with Crippen LogP contribution in [0, 0.1) is 0 Å². The van der Waals surface area contributed by atoms with E-state index in [-0.39, 0.29) is 0 Å². The molecule has 1 saturated heterocycles. The number of amides is 1. The molecule has 3 aliphatic rings. The van der Waals surface area contributed by atoms with Crippen LogP contribution in [0.2, 0.25) is 0 Å². The van der Waals surface area contributed by atoms with Crippen molar-refractivity contribution in [2.24, 2.45) is 10.7 Å². The first-order valence-corrected chi connectivity index (χ1v) is 9.74. The van der Waals surface area contributed by atoms with E-state index in [2.05, 4.69) is 32.3 Å². The molecule has 128 valence electrons. The van der Waals surface area contributed by atoms with Crippen molar-refractivity contribution in [3.05, 3.63) is 29.1 Å². The smallest absolute Gasteiger partial charge is 0.277 e. The summed E-state index contributed by atoms with van der Waals surface area (Å²) in [5, 5.41) is 5.76. The fraction of sp³-hybridized carbons (Fsp3) is 0.529. The predicted molar refractivity (Wildman–Crippen MR) is 98.5 cm³/mol. The number of nitrogens with one attached hydrogen (secondary N) is 1. The highest BCUT2D eigenvalue weighted by Gasteiger charge is 2.41. The molecule has 1 aromatic heterocycles. The SMILES string of the molecule is CSC1(C(N)=O)N=CC2=C(N1)c1c(ccn1N1CCCCC1)CC2. The van der Waals surface area contributed by atoms with Crippen LogP contribution in [0.1, 0.15) is 36.9 Å². The highest BCUT2D eigenvalue weighted by atomic mass is 32.2. The molecule has 0 aromatic carbocycles. The minimum atomic E-state index is -1.11. The molecule has 3 heterocycles. The third kappa shape index (κ3) is 2.33. The van der Waals surface area contributed by atoms with E-state index in [1.54, 1.807) is 0 Å². The number of primary amides is 1. The number of fused-ring (bicyclic) bond motifs is 2. The second kappa shape index (κ2) is 5.88. The van der Waals surface area contributed by atoms with Crippen LogP contribution < -0.4 is 16.1 Å². The minimum absolute atomic E-state index is 0.457. The Morgan fingerprint density at radius 3 is 2.83 bits per heavy atom. The molecular formula is C17H23N5OS. The van der Waals surface area contributed by atoms with Crippen LogP contribution in [-0.4, -0.2) is 41.1 Å². The monoisotopic (exact) mass is 345 g/mol. The van der Waals surface area contributed by atoms with Crippen LogP contribution in [0.3, 0.4) is 0 Å². The zero-order valence-electron chi connectivity index (χ0n) is 13.9. The molecule has 6 nitrogen and oxygen atoms in total. The lowest BCUT2D eigenvalue weighted by Crippen LogP contribution is -2.53. The van der Waals surface area contributed by atoms with Crippen LogP contribution in [0.5, 0.6) is 0 Å². The Hall–Kier alpha value is -1.89. The second-order valence-electron chi connectivity index (χ2n) is 6.54. The lowest BCUT2D eigenvalue weighted by Gasteiger charge is -2.37. The number of hydrogen-bond donors (Lipinski definition) is 2. The number of allylic oxidation sites excluding steroid dienone is 1. The summed E-state index contributed by atoms with van der Waals surface area (Å²) >= 11 is 1.34. The molecule has 0 saturated carbocycles. The van der Waals surface area contributed by atoms with E-state index in [1.165, 1.54) is 42.3 Å². The standard InChI is InChI=1S/C17H23N5OS/c1-24-17(16(18)23)19-11-13-6-5-12-7-10-22(15(12)14(13)20-17)21-8-3-2-4-9-21/h7,10-11,20H,2-6,8-9H2,1H3,(H2,18,23). The van der Waals surface area contributed by atoms with Gasteiger partial charge in [0.2, 0.25) is 0 Å². The molecule has 1 aromatic rings. The van der Waals surface area contributed by atoms with Crippen LogP contribution in [0.4, 0.5) is 0 Å². The quantitative estimate of drug-likeness (QED) is 0.869. The first-order valence-electron chi connectivity index (χ1n) is 8.52.